The van der Waals surface area contributed by atoms with Gasteiger partial charge in [0, 0.05) is 6.54 Å². The third kappa shape index (κ3) is 3.95. The van der Waals surface area contributed by atoms with Gasteiger partial charge in [0.2, 0.25) is 0 Å². The fourth-order valence-corrected chi connectivity index (χ4v) is 2.47. The minimum atomic E-state index is -0.311. The van der Waals surface area contributed by atoms with Crippen LogP contribution in [0, 0.1) is 6.92 Å². The monoisotopic (exact) mass is 334 g/mol. The molecule has 0 aliphatic carbocycles. The maximum atomic E-state index is 12.5. The first-order valence-corrected chi connectivity index (χ1v) is 7.92. The first kappa shape index (κ1) is 16.5. The van der Waals surface area contributed by atoms with E-state index in [4.69, 9.17) is 4.42 Å². The molecule has 2 aromatic carbocycles. The second-order valence-corrected chi connectivity index (χ2v) is 5.56. The van der Waals surface area contributed by atoms with E-state index < -0.39 is 0 Å². The van der Waals surface area contributed by atoms with Crippen molar-refractivity contribution < 1.29 is 14.0 Å². The van der Waals surface area contributed by atoms with Crippen molar-refractivity contribution in [1.29, 1.82) is 0 Å². The highest BCUT2D eigenvalue weighted by Gasteiger charge is 2.16. The Labute approximate surface area is 145 Å². The number of benzene rings is 2. The Morgan fingerprint density at radius 2 is 1.60 bits per heavy atom. The highest BCUT2D eigenvalue weighted by molar-refractivity contribution is 6.09. The number of hydrogen-bond acceptors (Lipinski definition) is 3. The van der Waals surface area contributed by atoms with Crippen molar-refractivity contribution >= 4 is 17.5 Å². The summed E-state index contributed by atoms with van der Waals surface area (Å²) in [5, 5.41) is 5.64. The second-order valence-electron chi connectivity index (χ2n) is 5.56. The van der Waals surface area contributed by atoms with Gasteiger partial charge in [-0.05, 0) is 30.7 Å². The zero-order chi connectivity index (χ0) is 17.6. The van der Waals surface area contributed by atoms with E-state index in [2.05, 4.69) is 10.6 Å². The summed E-state index contributed by atoms with van der Waals surface area (Å²) >= 11 is 0. The number of amides is 2. The van der Waals surface area contributed by atoms with E-state index in [1.54, 1.807) is 37.3 Å². The van der Waals surface area contributed by atoms with Gasteiger partial charge in [-0.2, -0.15) is 0 Å². The van der Waals surface area contributed by atoms with E-state index in [1.165, 1.54) is 6.26 Å². The predicted molar refractivity (Wildman–Crippen MR) is 95.5 cm³/mol. The highest BCUT2D eigenvalue weighted by Crippen LogP contribution is 2.18. The van der Waals surface area contributed by atoms with Gasteiger partial charge in [-0.3, -0.25) is 9.59 Å². The summed E-state index contributed by atoms with van der Waals surface area (Å²) in [5.74, 6) is -0.0262. The van der Waals surface area contributed by atoms with Crippen LogP contribution in [0.3, 0.4) is 0 Å². The Balaban J connectivity index is 1.73. The van der Waals surface area contributed by atoms with Gasteiger partial charge in [0.05, 0.1) is 23.1 Å². The van der Waals surface area contributed by atoms with Crippen LogP contribution in [0.4, 0.5) is 5.69 Å². The smallest absolute Gasteiger partial charge is 0.259 e. The molecule has 1 heterocycles. The van der Waals surface area contributed by atoms with Crippen LogP contribution in [-0.4, -0.2) is 11.8 Å². The lowest BCUT2D eigenvalue weighted by atomic mass is 10.1. The van der Waals surface area contributed by atoms with Gasteiger partial charge < -0.3 is 15.1 Å². The molecular weight excluding hydrogens is 316 g/mol. The van der Waals surface area contributed by atoms with Crippen LogP contribution in [0.25, 0.3) is 0 Å². The third-order valence-electron chi connectivity index (χ3n) is 3.82. The Morgan fingerprint density at radius 1 is 0.880 bits per heavy atom. The van der Waals surface area contributed by atoms with Crippen molar-refractivity contribution in [1.82, 2.24) is 5.32 Å². The summed E-state index contributed by atoms with van der Waals surface area (Å²) in [6.07, 6.45) is 1.46. The maximum absolute atomic E-state index is 12.5. The maximum Gasteiger partial charge on any atom is 0.259 e. The molecule has 1 aromatic heterocycles. The summed E-state index contributed by atoms with van der Waals surface area (Å²) < 4.78 is 5.15. The van der Waals surface area contributed by atoms with Crippen molar-refractivity contribution in [2.45, 2.75) is 13.5 Å². The van der Waals surface area contributed by atoms with E-state index in [-0.39, 0.29) is 11.8 Å². The molecule has 3 rings (SSSR count). The van der Waals surface area contributed by atoms with E-state index in [1.807, 2.05) is 30.3 Å². The molecule has 0 atom stereocenters. The molecule has 3 aromatic rings. The number of nitrogens with one attached hydrogen (secondary N) is 2. The van der Waals surface area contributed by atoms with Crippen LogP contribution in [0.15, 0.2) is 71.3 Å². The van der Waals surface area contributed by atoms with Crippen LogP contribution in [-0.2, 0) is 6.54 Å². The minimum absolute atomic E-state index is 0.247. The molecule has 0 aliphatic rings. The van der Waals surface area contributed by atoms with Crippen molar-refractivity contribution in [3.05, 3.63) is 89.4 Å². The lowest BCUT2D eigenvalue weighted by Gasteiger charge is -2.11. The lowest BCUT2D eigenvalue weighted by molar-refractivity contribution is 0.0952. The third-order valence-corrected chi connectivity index (χ3v) is 3.82. The van der Waals surface area contributed by atoms with Gasteiger partial charge in [0.25, 0.3) is 11.8 Å². The van der Waals surface area contributed by atoms with E-state index in [0.29, 0.717) is 29.1 Å². The molecule has 0 radical (unpaired) electrons. The molecule has 0 bridgehead atoms. The van der Waals surface area contributed by atoms with E-state index >= 15 is 0 Å². The first-order chi connectivity index (χ1) is 12.1. The number of rotatable bonds is 5. The molecule has 2 amide bonds. The standard InChI is InChI=1S/C20H18N2O3/c1-14-16(11-12-25-14)20(24)22-18-10-6-5-9-17(18)19(23)21-13-15-7-3-2-4-8-15/h2-12H,13H2,1H3,(H,21,23)(H,22,24). The molecule has 5 heteroatoms. The Morgan fingerprint density at radius 3 is 2.32 bits per heavy atom. The summed E-state index contributed by atoms with van der Waals surface area (Å²) in [7, 11) is 0. The van der Waals surface area contributed by atoms with Gasteiger partial charge in [-0.1, -0.05) is 42.5 Å². The average Bonchev–Trinajstić information content (AvgIpc) is 3.07. The molecule has 0 aliphatic heterocycles. The van der Waals surface area contributed by atoms with Crippen LogP contribution in [0.2, 0.25) is 0 Å². The highest BCUT2D eigenvalue weighted by atomic mass is 16.3. The molecule has 25 heavy (non-hydrogen) atoms. The summed E-state index contributed by atoms with van der Waals surface area (Å²) in [6, 6.07) is 18.2. The quantitative estimate of drug-likeness (QED) is 0.746. The predicted octanol–water partition coefficient (Wildman–Crippen LogP) is 3.77. The molecule has 0 spiro atoms. The fraction of sp³-hybridized carbons (Fsp3) is 0.100. The zero-order valence-electron chi connectivity index (χ0n) is 13.8. The largest absolute Gasteiger partial charge is 0.469 e. The zero-order valence-corrected chi connectivity index (χ0v) is 13.8. The van der Waals surface area contributed by atoms with E-state index in [0.717, 1.165) is 5.56 Å². The molecule has 126 valence electrons. The number of para-hydroxylation sites is 1. The molecular formula is C20H18N2O3. The molecule has 0 unspecified atom stereocenters. The topological polar surface area (TPSA) is 71.3 Å². The molecule has 2 N–H and O–H groups in total. The molecule has 0 fully saturated rings. The van der Waals surface area contributed by atoms with Gasteiger partial charge >= 0.3 is 0 Å². The molecule has 5 nitrogen and oxygen atoms in total. The lowest BCUT2D eigenvalue weighted by Crippen LogP contribution is -2.24. The number of anilines is 1. The molecule has 0 saturated carbocycles. The van der Waals surface area contributed by atoms with Crippen LogP contribution < -0.4 is 10.6 Å². The van der Waals surface area contributed by atoms with Crippen molar-refractivity contribution in [2.75, 3.05) is 5.32 Å². The Hall–Kier alpha value is -3.34. The van der Waals surface area contributed by atoms with Gasteiger partial charge in [0.1, 0.15) is 5.76 Å². The average molecular weight is 334 g/mol. The van der Waals surface area contributed by atoms with Gasteiger partial charge in [-0.15, -0.1) is 0 Å². The normalized spacial score (nSPS) is 10.3. The van der Waals surface area contributed by atoms with Crippen LogP contribution >= 0.6 is 0 Å². The van der Waals surface area contributed by atoms with Gasteiger partial charge in [0.15, 0.2) is 0 Å². The number of hydrogen-bond donors (Lipinski definition) is 2. The number of furan rings is 1. The summed E-state index contributed by atoms with van der Waals surface area (Å²) in [6.45, 7) is 2.14. The Bertz CT molecular complexity index is 885. The summed E-state index contributed by atoms with van der Waals surface area (Å²) in [5.41, 5.74) is 2.32. The minimum Gasteiger partial charge on any atom is -0.469 e. The first-order valence-electron chi connectivity index (χ1n) is 7.92. The van der Waals surface area contributed by atoms with Gasteiger partial charge in [-0.25, -0.2) is 0 Å². The van der Waals surface area contributed by atoms with Crippen LogP contribution in [0.1, 0.15) is 32.0 Å². The number of aryl methyl sites for hydroxylation is 1. The van der Waals surface area contributed by atoms with Crippen LogP contribution in [0.5, 0.6) is 0 Å². The van der Waals surface area contributed by atoms with E-state index in [9.17, 15) is 9.59 Å². The summed E-state index contributed by atoms with van der Waals surface area (Å²) in [4.78, 5) is 24.8. The fourth-order valence-electron chi connectivity index (χ4n) is 2.47. The van der Waals surface area contributed by atoms with Crippen molar-refractivity contribution in [2.24, 2.45) is 0 Å². The SMILES string of the molecule is Cc1occc1C(=O)Nc1ccccc1C(=O)NCc1ccccc1. The second kappa shape index (κ2) is 7.49. The number of carbonyl (C=O) groups excluding carboxylic acids is 2. The number of carbonyl (C=O) groups is 2. The van der Waals surface area contributed by atoms with Crippen molar-refractivity contribution in [3.63, 3.8) is 0 Å². The Kier molecular flexibility index (Phi) is 4.95. The molecule has 0 saturated heterocycles. The van der Waals surface area contributed by atoms with Crippen molar-refractivity contribution in [3.8, 4) is 0 Å².